The summed E-state index contributed by atoms with van der Waals surface area (Å²) >= 11 is 0. The zero-order valence-electron chi connectivity index (χ0n) is 14.1. The Morgan fingerprint density at radius 1 is 1.30 bits per heavy atom. The van der Waals surface area contributed by atoms with E-state index in [1.54, 1.807) is 6.07 Å². The second kappa shape index (κ2) is 6.96. The Labute approximate surface area is 136 Å². The Bertz CT molecular complexity index is 654. The number of aliphatic hydroxyl groups is 1. The lowest BCUT2D eigenvalue weighted by atomic mass is 9.93. The van der Waals surface area contributed by atoms with Gasteiger partial charge in [-0.05, 0) is 17.5 Å². The van der Waals surface area contributed by atoms with Gasteiger partial charge < -0.3 is 14.9 Å². The molecule has 5 nitrogen and oxygen atoms in total. The molecule has 0 aliphatic carbocycles. The van der Waals surface area contributed by atoms with E-state index in [0.29, 0.717) is 5.76 Å². The molecule has 2 aromatic rings. The Balaban J connectivity index is 2.11. The van der Waals surface area contributed by atoms with E-state index < -0.39 is 6.04 Å². The molecule has 0 spiro atoms. The third kappa shape index (κ3) is 4.20. The monoisotopic (exact) mass is 316 g/mol. The number of nitrogens with one attached hydrogen (secondary N) is 1. The van der Waals surface area contributed by atoms with Gasteiger partial charge in [-0.25, -0.2) is 0 Å². The van der Waals surface area contributed by atoms with Gasteiger partial charge in [-0.3, -0.25) is 4.79 Å². The minimum atomic E-state index is -0.469. The van der Waals surface area contributed by atoms with Crippen molar-refractivity contribution in [1.82, 2.24) is 10.5 Å². The van der Waals surface area contributed by atoms with Crippen molar-refractivity contribution in [2.75, 3.05) is 6.61 Å². The largest absolute Gasteiger partial charge is 0.394 e. The van der Waals surface area contributed by atoms with Crippen molar-refractivity contribution in [3.05, 3.63) is 52.9 Å². The summed E-state index contributed by atoms with van der Waals surface area (Å²) in [5.74, 6) is 0.290. The van der Waals surface area contributed by atoms with Gasteiger partial charge in [-0.1, -0.05) is 57.1 Å². The van der Waals surface area contributed by atoms with Crippen LogP contribution in [0.5, 0.6) is 0 Å². The summed E-state index contributed by atoms with van der Waals surface area (Å²) < 4.78 is 5.23. The molecule has 0 saturated carbocycles. The van der Waals surface area contributed by atoms with Crippen molar-refractivity contribution >= 4 is 5.91 Å². The zero-order valence-corrected chi connectivity index (χ0v) is 14.1. The zero-order chi connectivity index (χ0) is 17.0. The molecule has 2 rings (SSSR count). The van der Waals surface area contributed by atoms with E-state index in [9.17, 15) is 9.90 Å². The van der Waals surface area contributed by atoms with Crippen molar-refractivity contribution < 1.29 is 14.4 Å². The normalized spacial score (nSPS) is 12.9. The molecule has 1 amide bonds. The summed E-state index contributed by atoms with van der Waals surface area (Å²) in [4.78, 5) is 12.3. The molecule has 1 aromatic heterocycles. The molecule has 1 heterocycles. The van der Waals surface area contributed by atoms with Crippen molar-refractivity contribution in [3.63, 3.8) is 0 Å². The second-order valence-electron chi connectivity index (χ2n) is 6.63. The summed E-state index contributed by atoms with van der Waals surface area (Å²) in [6, 6.07) is 9.01. The van der Waals surface area contributed by atoms with Gasteiger partial charge in [0, 0.05) is 11.5 Å². The van der Waals surface area contributed by atoms with Crippen molar-refractivity contribution in [1.29, 1.82) is 0 Å². The van der Waals surface area contributed by atoms with Crippen LogP contribution in [0.1, 0.15) is 61.1 Å². The third-order valence-corrected chi connectivity index (χ3v) is 3.76. The molecule has 0 fully saturated rings. The standard InChI is InChI=1S/C18H24N2O3/c1-5-12-6-8-13(9-7-12)15(11-21)19-17(22)14-10-16(23-20-14)18(2,3)4/h6-10,15,21H,5,11H2,1-4H3,(H,19,22). The smallest absolute Gasteiger partial charge is 0.274 e. The molecule has 0 aliphatic rings. The molecule has 23 heavy (non-hydrogen) atoms. The molecule has 1 unspecified atom stereocenters. The minimum Gasteiger partial charge on any atom is -0.394 e. The number of hydrogen-bond donors (Lipinski definition) is 2. The van der Waals surface area contributed by atoms with Crippen LogP contribution in [0.25, 0.3) is 0 Å². The fraction of sp³-hybridized carbons (Fsp3) is 0.444. The Morgan fingerprint density at radius 2 is 1.96 bits per heavy atom. The lowest BCUT2D eigenvalue weighted by Gasteiger charge is -2.16. The van der Waals surface area contributed by atoms with Crippen LogP contribution in [-0.4, -0.2) is 22.8 Å². The van der Waals surface area contributed by atoms with E-state index in [0.717, 1.165) is 12.0 Å². The van der Waals surface area contributed by atoms with E-state index >= 15 is 0 Å². The maximum Gasteiger partial charge on any atom is 0.274 e. The van der Waals surface area contributed by atoms with Crippen LogP contribution in [0.2, 0.25) is 0 Å². The fourth-order valence-corrected chi connectivity index (χ4v) is 2.19. The van der Waals surface area contributed by atoms with E-state index in [1.165, 1.54) is 5.56 Å². The molecule has 5 heteroatoms. The highest BCUT2D eigenvalue weighted by Gasteiger charge is 2.23. The van der Waals surface area contributed by atoms with Crippen molar-refractivity contribution in [2.45, 2.75) is 45.6 Å². The molecular formula is C18H24N2O3. The van der Waals surface area contributed by atoms with Gasteiger partial charge in [0.2, 0.25) is 0 Å². The number of amides is 1. The summed E-state index contributed by atoms with van der Waals surface area (Å²) in [6.45, 7) is 7.86. The second-order valence-corrected chi connectivity index (χ2v) is 6.63. The van der Waals surface area contributed by atoms with Gasteiger partial charge in [-0.2, -0.15) is 0 Å². The van der Waals surface area contributed by atoms with Crippen molar-refractivity contribution in [3.8, 4) is 0 Å². The lowest BCUT2D eigenvalue weighted by Crippen LogP contribution is -2.31. The molecule has 1 aromatic carbocycles. The average Bonchev–Trinajstić information content (AvgIpc) is 3.03. The fourth-order valence-electron chi connectivity index (χ4n) is 2.19. The van der Waals surface area contributed by atoms with Gasteiger partial charge in [0.1, 0.15) is 5.76 Å². The number of benzene rings is 1. The molecular weight excluding hydrogens is 292 g/mol. The third-order valence-electron chi connectivity index (χ3n) is 3.76. The van der Waals surface area contributed by atoms with Crippen LogP contribution in [-0.2, 0) is 11.8 Å². The maximum atomic E-state index is 12.3. The summed E-state index contributed by atoms with van der Waals surface area (Å²) in [5, 5.41) is 16.2. The van der Waals surface area contributed by atoms with E-state index in [2.05, 4.69) is 17.4 Å². The molecule has 124 valence electrons. The predicted octanol–water partition coefficient (Wildman–Crippen LogP) is 3.00. The highest BCUT2D eigenvalue weighted by atomic mass is 16.5. The van der Waals surface area contributed by atoms with Crippen LogP contribution >= 0.6 is 0 Å². The number of nitrogens with zero attached hydrogens (tertiary/aromatic N) is 1. The van der Waals surface area contributed by atoms with Crippen LogP contribution in [0, 0.1) is 0 Å². The number of aliphatic hydroxyl groups excluding tert-OH is 1. The summed E-state index contributed by atoms with van der Waals surface area (Å²) in [7, 11) is 0. The van der Waals surface area contributed by atoms with Gasteiger partial charge in [0.15, 0.2) is 5.69 Å². The number of carbonyl (C=O) groups excluding carboxylic acids is 1. The number of hydrogen-bond acceptors (Lipinski definition) is 4. The first kappa shape index (κ1) is 17.2. The molecule has 1 atom stereocenters. The molecule has 0 bridgehead atoms. The van der Waals surface area contributed by atoms with E-state index in [1.807, 2.05) is 45.0 Å². The number of aromatic nitrogens is 1. The van der Waals surface area contributed by atoms with Gasteiger partial charge in [0.05, 0.1) is 12.6 Å². The van der Waals surface area contributed by atoms with Gasteiger partial charge in [-0.15, -0.1) is 0 Å². The van der Waals surface area contributed by atoms with E-state index in [4.69, 9.17) is 4.52 Å². The first-order valence-electron chi connectivity index (χ1n) is 7.83. The van der Waals surface area contributed by atoms with Crippen LogP contribution < -0.4 is 5.32 Å². The van der Waals surface area contributed by atoms with Gasteiger partial charge >= 0.3 is 0 Å². The Kier molecular flexibility index (Phi) is 5.21. The van der Waals surface area contributed by atoms with E-state index in [-0.39, 0.29) is 23.6 Å². The highest BCUT2D eigenvalue weighted by molar-refractivity contribution is 5.92. The number of carbonyl (C=O) groups is 1. The topological polar surface area (TPSA) is 75.4 Å². The van der Waals surface area contributed by atoms with Crippen LogP contribution in [0.4, 0.5) is 0 Å². The summed E-state index contributed by atoms with van der Waals surface area (Å²) in [5.41, 5.74) is 2.08. The number of rotatable bonds is 5. The minimum absolute atomic E-state index is 0.179. The first-order chi connectivity index (χ1) is 10.8. The summed E-state index contributed by atoms with van der Waals surface area (Å²) in [6.07, 6.45) is 0.949. The SMILES string of the molecule is CCc1ccc(C(CO)NC(=O)c2cc(C(C)(C)C)on2)cc1. The first-order valence-corrected chi connectivity index (χ1v) is 7.83. The predicted molar refractivity (Wildman–Crippen MR) is 88.3 cm³/mol. The molecule has 0 saturated heterocycles. The molecule has 2 N–H and O–H groups in total. The molecule has 0 aliphatic heterocycles. The Morgan fingerprint density at radius 3 is 2.43 bits per heavy atom. The maximum absolute atomic E-state index is 12.3. The van der Waals surface area contributed by atoms with Crippen LogP contribution in [0.15, 0.2) is 34.9 Å². The highest BCUT2D eigenvalue weighted by Crippen LogP contribution is 2.23. The lowest BCUT2D eigenvalue weighted by molar-refractivity contribution is 0.0906. The quantitative estimate of drug-likeness (QED) is 0.889. The van der Waals surface area contributed by atoms with Gasteiger partial charge in [0.25, 0.3) is 5.91 Å². The molecule has 0 radical (unpaired) electrons. The number of aryl methyl sites for hydroxylation is 1. The van der Waals surface area contributed by atoms with Crippen LogP contribution in [0.3, 0.4) is 0 Å². The van der Waals surface area contributed by atoms with Crippen molar-refractivity contribution in [2.24, 2.45) is 0 Å². The average molecular weight is 316 g/mol. The Hall–Kier alpha value is -2.14.